The number of carboxylic acids is 1. The van der Waals surface area contributed by atoms with Crippen molar-refractivity contribution in [1.29, 1.82) is 0 Å². The van der Waals surface area contributed by atoms with E-state index in [-0.39, 0.29) is 13.0 Å². The second-order valence-corrected chi connectivity index (χ2v) is 2.51. The van der Waals surface area contributed by atoms with Gasteiger partial charge in [0.25, 0.3) is 0 Å². The zero-order valence-corrected chi connectivity index (χ0v) is 7.73. The minimum atomic E-state index is -1.87. The van der Waals surface area contributed by atoms with Crippen molar-refractivity contribution in [2.45, 2.75) is 25.9 Å². The lowest BCUT2D eigenvalue weighted by Gasteiger charge is -2.07. The van der Waals surface area contributed by atoms with E-state index in [0.717, 1.165) is 0 Å². The van der Waals surface area contributed by atoms with Gasteiger partial charge in [0.1, 0.15) is 0 Å². The van der Waals surface area contributed by atoms with Crippen LogP contribution in [0.2, 0.25) is 0 Å². The maximum atomic E-state index is 10.9. The Bertz CT molecular complexity index is 234. The molecule has 0 fully saturated rings. The first-order valence-corrected chi connectivity index (χ1v) is 4.08. The molecular formula is C8H12O6. The number of hydrogen-bond acceptors (Lipinski definition) is 5. The Morgan fingerprint density at radius 2 is 1.86 bits per heavy atom. The molecule has 6 heteroatoms. The van der Waals surface area contributed by atoms with E-state index in [4.69, 9.17) is 10.2 Å². The van der Waals surface area contributed by atoms with Crippen molar-refractivity contribution in [3.05, 3.63) is 0 Å². The summed E-state index contributed by atoms with van der Waals surface area (Å²) >= 11 is 0. The van der Waals surface area contributed by atoms with Gasteiger partial charge in [-0.25, -0.2) is 4.79 Å². The highest BCUT2D eigenvalue weighted by molar-refractivity contribution is 6.02. The molecule has 0 rings (SSSR count). The van der Waals surface area contributed by atoms with Gasteiger partial charge in [0.15, 0.2) is 5.78 Å². The molecule has 1 atom stereocenters. The molecule has 0 amide bonds. The van der Waals surface area contributed by atoms with Gasteiger partial charge >= 0.3 is 11.9 Å². The van der Waals surface area contributed by atoms with Gasteiger partial charge in [0, 0.05) is 6.42 Å². The second kappa shape index (κ2) is 6.09. The van der Waals surface area contributed by atoms with Crippen molar-refractivity contribution in [1.82, 2.24) is 0 Å². The summed E-state index contributed by atoms with van der Waals surface area (Å²) in [6.45, 7) is 1.59. The zero-order valence-electron chi connectivity index (χ0n) is 7.73. The van der Waals surface area contributed by atoms with Crippen LogP contribution in [0.5, 0.6) is 0 Å². The average Bonchev–Trinajstić information content (AvgIpc) is 2.13. The number of aliphatic hydroxyl groups is 1. The molecule has 0 aromatic carbocycles. The molecule has 0 bridgehead atoms. The van der Waals surface area contributed by atoms with Gasteiger partial charge in [0.05, 0.1) is 13.0 Å². The topological polar surface area (TPSA) is 101 Å². The summed E-state index contributed by atoms with van der Waals surface area (Å²) in [5.74, 6) is -3.04. The lowest BCUT2D eigenvalue weighted by Crippen LogP contribution is -2.31. The first-order valence-electron chi connectivity index (χ1n) is 4.08. The molecule has 6 nitrogen and oxygen atoms in total. The molecule has 0 heterocycles. The van der Waals surface area contributed by atoms with Crippen molar-refractivity contribution in [3.8, 4) is 0 Å². The van der Waals surface area contributed by atoms with Crippen LogP contribution < -0.4 is 0 Å². The SMILES string of the molecule is CCOC(=O)C(O)C(=O)CCC(=O)O. The van der Waals surface area contributed by atoms with Crippen LogP contribution in [0.3, 0.4) is 0 Å². The second-order valence-electron chi connectivity index (χ2n) is 2.51. The molecule has 0 aliphatic rings. The van der Waals surface area contributed by atoms with Gasteiger partial charge in [-0.15, -0.1) is 0 Å². The van der Waals surface area contributed by atoms with E-state index in [0.29, 0.717) is 0 Å². The zero-order chi connectivity index (χ0) is 11.1. The number of hydrogen-bond donors (Lipinski definition) is 2. The quantitative estimate of drug-likeness (QED) is 0.440. The number of aliphatic carboxylic acids is 1. The van der Waals surface area contributed by atoms with E-state index in [1.54, 1.807) is 0 Å². The third-order valence-electron chi connectivity index (χ3n) is 1.40. The molecule has 0 saturated heterocycles. The number of esters is 1. The number of ketones is 1. The van der Waals surface area contributed by atoms with Crippen molar-refractivity contribution in [2.75, 3.05) is 6.61 Å². The van der Waals surface area contributed by atoms with E-state index < -0.39 is 30.2 Å². The van der Waals surface area contributed by atoms with Gasteiger partial charge in [0.2, 0.25) is 6.10 Å². The van der Waals surface area contributed by atoms with E-state index in [2.05, 4.69) is 4.74 Å². The van der Waals surface area contributed by atoms with Crippen molar-refractivity contribution >= 4 is 17.7 Å². The molecule has 14 heavy (non-hydrogen) atoms. The summed E-state index contributed by atoms with van der Waals surface area (Å²) in [5.41, 5.74) is 0. The number of rotatable bonds is 6. The highest BCUT2D eigenvalue weighted by Crippen LogP contribution is 1.98. The van der Waals surface area contributed by atoms with Crippen LogP contribution in [0.25, 0.3) is 0 Å². The van der Waals surface area contributed by atoms with Gasteiger partial charge in [-0.3, -0.25) is 9.59 Å². The maximum absolute atomic E-state index is 10.9. The van der Waals surface area contributed by atoms with Crippen LogP contribution in [-0.2, 0) is 19.1 Å². The van der Waals surface area contributed by atoms with Gasteiger partial charge < -0.3 is 14.9 Å². The van der Waals surface area contributed by atoms with Crippen LogP contribution in [0.4, 0.5) is 0 Å². The Hall–Kier alpha value is -1.43. The number of aliphatic hydroxyl groups excluding tert-OH is 1. The van der Waals surface area contributed by atoms with Crippen LogP contribution in [0.1, 0.15) is 19.8 Å². The van der Waals surface area contributed by atoms with Crippen molar-refractivity contribution < 1.29 is 29.3 Å². The van der Waals surface area contributed by atoms with Crippen molar-refractivity contribution in [2.24, 2.45) is 0 Å². The third kappa shape index (κ3) is 4.56. The predicted molar refractivity (Wildman–Crippen MR) is 44.5 cm³/mol. The maximum Gasteiger partial charge on any atom is 0.342 e. The number of carbonyl (C=O) groups is 3. The van der Waals surface area contributed by atoms with E-state index in [1.165, 1.54) is 6.92 Å². The van der Waals surface area contributed by atoms with E-state index in [1.807, 2.05) is 0 Å². The largest absolute Gasteiger partial charge is 0.481 e. The van der Waals surface area contributed by atoms with Crippen LogP contribution in [-0.4, -0.2) is 40.6 Å². The molecule has 0 aliphatic carbocycles. The minimum absolute atomic E-state index is 0.0576. The van der Waals surface area contributed by atoms with Crippen molar-refractivity contribution in [3.63, 3.8) is 0 Å². The molecule has 0 aromatic rings. The van der Waals surface area contributed by atoms with Gasteiger partial charge in [-0.2, -0.15) is 0 Å². The molecule has 0 spiro atoms. The highest BCUT2D eigenvalue weighted by atomic mass is 16.5. The molecule has 0 aromatic heterocycles. The molecule has 0 saturated carbocycles. The number of ether oxygens (including phenoxy) is 1. The number of Topliss-reactive ketones (excluding diaryl/α,β-unsaturated/α-hetero) is 1. The Labute approximate surface area is 80.5 Å². The Morgan fingerprint density at radius 3 is 2.29 bits per heavy atom. The smallest absolute Gasteiger partial charge is 0.342 e. The fraction of sp³-hybridized carbons (Fsp3) is 0.625. The van der Waals surface area contributed by atoms with Gasteiger partial charge in [-0.05, 0) is 6.92 Å². The summed E-state index contributed by atoms with van der Waals surface area (Å²) in [5, 5.41) is 17.2. The Morgan fingerprint density at radius 1 is 1.29 bits per heavy atom. The fourth-order valence-corrected chi connectivity index (χ4v) is 0.719. The Kier molecular flexibility index (Phi) is 5.47. The normalized spacial score (nSPS) is 11.9. The monoisotopic (exact) mass is 204 g/mol. The molecular weight excluding hydrogens is 192 g/mol. The summed E-state index contributed by atoms with van der Waals surface area (Å²) in [7, 11) is 0. The standard InChI is InChI=1S/C8H12O6/c1-2-14-8(13)7(12)5(9)3-4-6(10)11/h7,12H,2-4H2,1H3,(H,10,11). The summed E-state index contributed by atoms with van der Waals surface area (Å²) in [6.07, 6.45) is -2.65. The average molecular weight is 204 g/mol. The lowest BCUT2D eigenvalue weighted by molar-refractivity contribution is -0.158. The molecule has 1 unspecified atom stereocenters. The first-order chi connectivity index (χ1) is 6.49. The lowest BCUT2D eigenvalue weighted by atomic mass is 10.1. The number of carboxylic acid groups (broad SMARTS) is 1. The van der Waals surface area contributed by atoms with Crippen LogP contribution in [0.15, 0.2) is 0 Å². The highest BCUT2D eigenvalue weighted by Gasteiger charge is 2.24. The third-order valence-corrected chi connectivity index (χ3v) is 1.40. The van der Waals surface area contributed by atoms with Gasteiger partial charge in [-0.1, -0.05) is 0 Å². The van der Waals surface area contributed by atoms with E-state index in [9.17, 15) is 14.4 Å². The van der Waals surface area contributed by atoms with E-state index >= 15 is 0 Å². The van der Waals surface area contributed by atoms with Crippen LogP contribution >= 0.6 is 0 Å². The minimum Gasteiger partial charge on any atom is -0.481 e. The van der Waals surface area contributed by atoms with Crippen LogP contribution in [0, 0.1) is 0 Å². The fourth-order valence-electron chi connectivity index (χ4n) is 0.719. The predicted octanol–water partition coefficient (Wildman–Crippen LogP) is -0.656. The molecule has 0 radical (unpaired) electrons. The molecule has 80 valence electrons. The number of carbonyl (C=O) groups excluding carboxylic acids is 2. The first kappa shape index (κ1) is 12.6. The molecule has 0 aliphatic heterocycles. The molecule has 2 N–H and O–H groups in total. The summed E-state index contributed by atoms with van der Waals surface area (Å²) in [4.78, 5) is 31.8. The summed E-state index contributed by atoms with van der Waals surface area (Å²) < 4.78 is 4.37. The Balaban J connectivity index is 3.98. The summed E-state index contributed by atoms with van der Waals surface area (Å²) in [6, 6.07) is 0.